The van der Waals surface area contributed by atoms with Crippen molar-refractivity contribution in [2.45, 2.75) is 24.7 Å². The fraction of sp³-hybridized carbons (Fsp3) is 0.600. The van der Waals surface area contributed by atoms with Gasteiger partial charge in [-0.25, -0.2) is 0 Å². The monoisotopic (exact) mass is 359 g/mol. The van der Waals surface area contributed by atoms with Crippen molar-refractivity contribution in [3.8, 4) is 11.5 Å². The van der Waals surface area contributed by atoms with Gasteiger partial charge in [-0.1, -0.05) is 6.07 Å². The van der Waals surface area contributed by atoms with Crippen LogP contribution in [-0.4, -0.2) is 52.7 Å². The fourth-order valence-electron chi connectivity index (χ4n) is 2.39. The Kier molecular flexibility index (Phi) is 6.29. The maximum atomic E-state index is 6.10. The Morgan fingerprint density at radius 3 is 2.76 bits per heavy atom. The average molecular weight is 360 g/mol. The number of para-hydroxylation sites is 1. The Morgan fingerprint density at radius 1 is 1.29 bits per heavy atom. The lowest BCUT2D eigenvalue weighted by atomic mass is 9.85. The van der Waals surface area contributed by atoms with E-state index < -0.39 is 0 Å². The molecule has 0 aliphatic heterocycles. The van der Waals surface area contributed by atoms with Crippen LogP contribution in [0.4, 0.5) is 0 Å². The van der Waals surface area contributed by atoms with Crippen LogP contribution in [0.2, 0.25) is 0 Å². The molecule has 5 nitrogen and oxygen atoms in total. The largest absolute Gasteiger partial charge is 0.493 e. The van der Waals surface area contributed by atoms with Crippen LogP contribution < -0.4 is 14.8 Å². The van der Waals surface area contributed by atoms with Crippen molar-refractivity contribution in [2.75, 3.05) is 34.5 Å². The minimum atomic E-state index is 0.00639. The number of hydrogen-bond acceptors (Lipinski definition) is 5. The van der Waals surface area contributed by atoms with Crippen molar-refractivity contribution in [1.29, 1.82) is 0 Å². The standard InChI is InChI=1S/C15H22BrNO4/c1-17-11-9-13(15(11)20-8-7-18-2)21-14-10(16)5-4-6-12(14)19-3/h4-6,11,13,15,17H,7-9H2,1-3H3. The summed E-state index contributed by atoms with van der Waals surface area (Å²) >= 11 is 3.50. The van der Waals surface area contributed by atoms with Crippen molar-refractivity contribution >= 4 is 15.9 Å². The fourth-order valence-corrected chi connectivity index (χ4v) is 2.83. The lowest BCUT2D eigenvalue weighted by molar-refractivity contribution is -0.114. The minimum Gasteiger partial charge on any atom is -0.493 e. The number of benzene rings is 1. The van der Waals surface area contributed by atoms with Crippen LogP contribution in [0, 0.1) is 0 Å². The van der Waals surface area contributed by atoms with E-state index in [0.29, 0.717) is 25.0 Å². The molecule has 118 valence electrons. The number of likely N-dealkylation sites (N-methyl/N-ethyl adjacent to an activating group) is 1. The maximum Gasteiger partial charge on any atom is 0.175 e. The Morgan fingerprint density at radius 2 is 2.10 bits per heavy atom. The second-order valence-electron chi connectivity index (χ2n) is 4.89. The summed E-state index contributed by atoms with van der Waals surface area (Å²) in [7, 11) is 5.24. The average Bonchev–Trinajstić information content (AvgIpc) is 2.48. The molecule has 3 unspecified atom stereocenters. The second-order valence-corrected chi connectivity index (χ2v) is 5.74. The zero-order chi connectivity index (χ0) is 15.2. The van der Waals surface area contributed by atoms with Gasteiger partial charge in [0.25, 0.3) is 0 Å². The van der Waals surface area contributed by atoms with Crippen molar-refractivity contribution in [3.05, 3.63) is 22.7 Å². The molecule has 1 fully saturated rings. The van der Waals surface area contributed by atoms with E-state index in [1.165, 1.54) is 0 Å². The van der Waals surface area contributed by atoms with E-state index in [1.54, 1.807) is 14.2 Å². The van der Waals surface area contributed by atoms with E-state index in [2.05, 4.69) is 21.2 Å². The Hall–Kier alpha value is -0.820. The summed E-state index contributed by atoms with van der Waals surface area (Å²) in [6.45, 7) is 1.14. The van der Waals surface area contributed by atoms with Crippen LogP contribution in [0.1, 0.15) is 6.42 Å². The van der Waals surface area contributed by atoms with Crippen LogP contribution in [-0.2, 0) is 9.47 Å². The van der Waals surface area contributed by atoms with Crippen molar-refractivity contribution in [1.82, 2.24) is 5.32 Å². The molecule has 3 atom stereocenters. The number of rotatable bonds is 8. The SMILES string of the molecule is CNC1CC(Oc2c(Br)cccc2OC)C1OCCOC. The van der Waals surface area contributed by atoms with Gasteiger partial charge in [0.15, 0.2) is 11.5 Å². The normalized spacial score (nSPS) is 24.5. The predicted octanol–water partition coefficient (Wildman–Crippen LogP) is 2.23. The smallest absolute Gasteiger partial charge is 0.175 e. The van der Waals surface area contributed by atoms with Crippen LogP contribution in [0.3, 0.4) is 0 Å². The highest BCUT2D eigenvalue weighted by Crippen LogP contribution is 2.39. The summed E-state index contributed by atoms with van der Waals surface area (Å²) in [4.78, 5) is 0. The van der Waals surface area contributed by atoms with Crippen molar-refractivity contribution < 1.29 is 18.9 Å². The molecular weight excluding hydrogens is 338 g/mol. The summed E-state index contributed by atoms with van der Waals surface area (Å²) in [5.74, 6) is 1.44. The zero-order valence-corrected chi connectivity index (χ0v) is 14.2. The first-order valence-electron chi connectivity index (χ1n) is 6.98. The van der Waals surface area contributed by atoms with Gasteiger partial charge in [-0.15, -0.1) is 0 Å². The summed E-state index contributed by atoms with van der Waals surface area (Å²) < 4.78 is 23.2. The summed E-state index contributed by atoms with van der Waals surface area (Å²) in [6.07, 6.45) is 0.924. The Bertz CT molecular complexity index is 457. The molecule has 1 N–H and O–H groups in total. The molecule has 6 heteroatoms. The van der Waals surface area contributed by atoms with Crippen molar-refractivity contribution in [2.24, 2.45) is 0 Å². The van der Waals surface area contributed by atoms with E-state index in [-0.39, 0.29) is 12.2 Å². The first-order chi connectivity index (χ1) is 10.2. The van der Waals surface area contributed by atoms with Gasteiger partial charge in [0, 0.05) is 19.6 Å². The van der Waals surface area contributed by atoms with E-state index in [1.807, 2.05) is 25.2 Å². The molecule has 1 aliphatic rings. The number of nitrogens with one attached hydrogen (secondary N) is 1. The Labute approximate surface area is 134 Å². The number of halogens is 1. The minimum absolute atomic E-state index is 0.00639. The second kappa shape index (κ2) is 7.98. The molecule has 0 amide bonds. The lowest BCUT2D eigenvalue weighted by Gasteiger charge is -2.43. The molecule has 0 aromatic heterocycles. The third-order valence-corrected chi connectivity index (χ3v) is 4.26. The van der Waals surface area contributed by atoms with Crippen LogP contribution in [0.15, 0.2) is 22.7 Å². The molecule has 0 saturated heterocycles. The Balaban J connectivity index is 2.01. The summed E-state index contributed by atoms with van der Waals surface area (Å²) in [5, 5.41) is 3.25. The molecule has 0 heterocycles. The van der Waals surface area contributed by atoms with Gasteiger partial charge in [-0.3, -0.25) is 0 Å². The van der Waals surface area contributed by atoms with Gasteiger partial charge in [0.2, 0.25) is 0 Å². The highest BCUT2D eigenvalue weighted by atomic mass is 79.9. The topological polar surface area (TPSA) is 49.0 Å². The molecule has 1 aromatic carbocycles. The third kappa shape index (κ3) is 3.88. The highest BCUT2D eigenvalue weighted by Gasteiger charge is 2.43. The first kappa shape index (κ1) is 16.5. The zero-order valence-electron chi connectivity index (χ0n) is 12.6. The van der Waals surface area contributed by atoms with Crippen molar-refractivity contribution in [3.63, 3.8) is 0 Å². The molecule has 0 spiro atoms. The predicted molar refractivity (Wildman–Crippen MR) is 84.2 cm³/mol. The number of methoxy groups -OCH3 is 2. The molecule has 0 bridgehead atoms. The quantitative estimate of drug-likeness (QED) is 0.721. The van der Waals surface area contributed by atoms with Gasteiger partial charge in [0.05, 0.1) is 24.8 Å². The van der Waals surface area contributed by atoms with E-state index >= 15 is 0 Å². The highest BCUT2D eigenvalue weighted by molar-refractivity contribution is 9.10. The third-order valence-electron chi connectivity index (χ3n) is 3.64. The van der Waals surface area contributed by atoms with Crippen LogP contribution in [0.5, 0.6) is 11.5 Å². The van der Waals surface area contributed by atoms with Gasteiger partial charge in [-0.2, -0.15) is 0 Å². The molecule has 1 aliphatic carbocycles. The van der Waals surface area contributed by atoms with E-state index in [9.17, 15) is 0 Å². The first-order valence-corrected chi connectivity index (χ1v) is 7.77. The lowest BCUT2D eigenvalue weighted by Crippen LogP contribution is -2.60. The van der Waals surface area contributed by atoms with E-state index in [0.717, 1.165) is 16.6 Å². The van der Waals surface area contributed by atoms with Crippen LogP contribution >= 0.6 is 15.9 Å². The molecule has 1 aromatic rings. The van der Waals surface area contributed by atoms with Gasteiger partial charge >= 0.3 is 0 Å². The van der Waals surface area contributed by atoms with E-state index in [4.69, 9.17) is 18.9 Å². The molecular formula is C15H22BrNO4. The summed E-state index contributed by atoms with van der Waals surface area (Å²) in [5.41, 5.74) is 0. The van der Waals surface area contributed by atoms with Gasteiger partial charge in [-0.05, 0) is 35.1 Å². The van der Waals surface area contributed by atoms with Gasteiger partial charge in [0.1, 0.15) is 12.2 Å². The number of ether oxygens (including phenoxy) is 4. The summed E-state index contributed by atoms with van der Waals surface area (Å²) in [6, 6.07) is 6.04. The molecule has 21 heavy (non-hydrogen) atoms. The number of hydrogen-bond donors (Lipinski definition) is 1. The molecule has 1 saturated carbocycles. The van der Waals surface area contributed by atoms with Crippen LogP contribution in [0.25, 0.3) is 0 Å². The van der Waals surface area contributed by atoms with Gasteiger partial charge < -0.3 is 24.3 Å². The molecule has 0 radical (unpaired) electrons. The maximum absolute atomic E-state index is 6.10. The molecule has 2 rings (SSSR count).